The Bertz CT molecular complexity index is 1420. The number of rotatable bonds is 5. The van der Waals surface area contributed by atoms with Crippen LogP contribution in [0.5, 0.6) is 0 Å². The van der Waals surface area contributed by atoms with Crippen LogP contribution in [-0.2, 0) is 19.4 Å². The van der Waals surface area contributed by atoms with Crippen molar-refractivity contribution in [2.45, 2.75) is 0 Å². The van der Waals surface area contributed by atoms with Crippen LogP contribution in [0.1, 0.15) is 0 Å². The largest absolute Gasteiger partial charge is 0.464 e. The molecule has 0 aliphatic heterocycles. The lowest BCUT2D eigenvalue weighted by molar-refractivity contribution is -0.134. The second-order valence-corrected chi connectivity index (χ2v) is 10.9. The Hall–Kier alpha value is -2.82. The Morgan fingerprint density at radius 3 is 2.71 bits per heavy atom. The van der Waals surface area contributed by atoms with Gasteiger partial charge in [0.05, 0.1) is 33.2 Å². The van der Waals surface area contributed by atoms with Crippen molar-refractivity contribution in [1.29, 1.82) is 0 Å². The third kappa shape index (κ3) is 4.46. The molecule has 158 valence electrons. The van der Waals surface area contributed by atoms with Gasteiger partial charge in [-0.25, -0.2) is 18.2 Å². The van der Waals surface area contributed by atoms with Gasteiger partial charge in [0.1, 0.15) is 10.7 Å². The molecule has 3 aromatic heterocycles. The molecule has 7 nitrogen and oxygen atoms in total. The van der Waals surface area contributed by atoms with Crippen LogP contribution in [0.2, 0.25) is 0 Å². The normalized spacial score (nSPS) is 12.3. The van der Waals surface area contributed by atoms with E-state index >= 15 is 0 Å². The Morgan fingerprint density at radius 1 is 1.23 bits per heavy atom. The lowest BCUT2D eigenvalue weighted by Gasteiger charge is -2.09. The number of thiazole rings is 1. The van der Waals surface area contributed by atoms with E-state index in [0.29, 0.717) is 5.52 Å². The van der Waals surface area contributed by atoms with E-state index in [-0.39, 0.29) is 5.70 Å². The summed E-state index contributed by atoms with van der Waals surface area (Å²) in [5, 5.41) is 2.51. The van der Waals surface area contributed by atoms with Crippen molar-refractivity contribution in [3.05, 3.63) is 64.1 Å². The van der Waals surface area contributed by atoms with Gasteiger partial charge in [-0.05, 0) is 45.6 Å². The fraction of sp³-hybridized carbons (Fsp3) is 0.0952. The van der Waals surface area contributed by atoms with E-state index in [2.05, 4.69) is 20.9 Å². The number of sulfone groups is 1. The zero-order valence-corrected chi connectivity index (χ0v) is 19.7. The molecule has 0 aliphatic rings. The van der Waals surface area contributed by atoms with Crippen molar-refractivity contribution >= 4 is 59.7 Å². The summed E-state index contributed by atoms with van der Waals surface area (Å²) in [6.45, 7) is 0. The van der Waals surface area contributed by atoms with Gasteiger partial charge < -0.3 is 9.30 Å². The molecule has 0 amide bonds. The van der Waals surface area contributed by atoms with Gasteiger partial charge in [-0.1, -0.05) is 18.2 Å². The standard InChI is InChI=1S/C21H16BrN3O4S2/c1-29-21(26)17(12-31(2,27)28)25-10-8-13-6-7-14(11-16(13)25)18-19(22)30-20(24-18)15-5-3-4-9-23-15/h3-12H,1-2H3. The minimum atomic E-state index is -3.58. The van der Waals surface area contributed by atoms with Gasteiger partial charge in [-0.3, -0.25) is 4.98 Å². The Morgan fingerprint density at radius 2 is 2.03 bits per heavy atom. The van der Waals surface area contributed by atoms with Crippen LogP contribution < -0.4 is 0 Å². The van der Waals surface area contributed by atoms with E-state index in [1.165, 1.54) is 23.0 Å². The molecule has 3 heterocycles. The minimum absolute atomic E-state index is 0.0938. The first-order valence-electron chi connectivity index (χ1n) is 8.96. The lowest BCUT2D eigenvalue weighted by atomic mass is 10.1. The van der Waals surface area contributed by atoms with Crippen LogP contribution in [0.4, 0.5) is 0 Å². The molecular weight excluding hydrogens is 502 g/mol. The highest BCUT2D eigenvalue weighted by Crippen LogP contribution is 2.38. The number of ether oxygens (including phenoxy) is 1. The zero-order chi connectivity index (χ0) is 22.2. The number of methoxy groups -OCH3 is 1. The van der Waals surface area contributed by atoms with Crippen molar-refractivity contribution in [3.8, 4) is 22.0 Å². The number of aromatic nitrogens is 3. The summed E-state index contributed by atoms with van der Waals surface area (Å²) in [5.41, 5.74) is 2.86. The van der Waals surface area contributed by atoms with Crippen molar-refractivity contribution in [2.75, 3.05) is 13.4 Å². The first-order valence-corrected chi connectivity index (χ1v) is 12.5. The first kappa shape index (κ1) is 21.4. The van der Waals surface area contributed by atoms with Crippen LogP contribution in [-0.4, -0.2) is 42.3 Å². The summed E-state index contributed by atoms with van der Waals surface area (Å²) >= 11 is 5.05. The molecule has 1 aromatic carbocycles. The molecule has 0 spiro atoms. The first-order chi connectivity index (χ1) is 14.8. The minimum Gasteiger partial charge on any atom is -0.464 e. The molecule has 0 atom stereocenters. The van der Waals surface area contributed by atoms with Crippen LogP contribution in [0.3, 0.4) is 0 Å². The van der Waals surface area contributed by atoms with Gasteiger partial charge in [0, 0.05) is 24.2 Å². The predicted octanol–water partition coefficient (Wildman–Crippen LogP) is 4.61. The van der Waals surface area contributed by atoms with Crippen LogP contribution in [0.25, 0.3) is 38.6 Å². The summed E-state index contributed by atoms with van der Waals surface area (Å²) < 4.78 is 30.8. The molecule has 0 fully saturated rings. The second-order valence-electron chi connectivity index (χ2n) is 6.64. The number of fused-ring (bicyclic) bond motifs is 1. The summed E-state index contributed by atoms with van der Waals surface area (Å²) in [5.74, 6) is -0.749. The number of esters is 1. The topological polar surface area (TPSA) is 91.2 Å². The van der Waals surface area contributed by atoms with E-state index in [1.807, 2.05) is 36.4 Å². The number of hydrogen-bond donors (Lipinski definition) is 0. The smallest absolute Gasteiger partial charge is 0.355 e. The summed E-state index contributed by atoms with van der Waals surface area (Å²) in [4.78, 5) is 21.4. The van der Waals surface area contributed by atoms with Crippen molar-refractivity contribution in [1.82, 2.24) is 14.5 Å². The number of benzene rings is 1. The van der Waals surface area contributed by atoms with E-state index < -0.39 is 15.8 Å². The average Bonchev–Trinajstić information content (AvgIpc) is 3.34. The second kappa shape index (κ2) is 8.37. The maximum absolute atomic E-state index is 12.3. The summed E-state index contributed by atoms with van der Waals surface area (Å²) in [6.07, 6.45) is 4.38. The Labute approximate surface area is 191 Å². The average molecular weight is 518 g/mol. The molecule has 0 aliphatic carbocycles. The number of halogens is 1. The van der Waals surface area contributed by atoms with E-state index in [0.717, 1.165) is 42.8 Å². The third-order valence-electron chi connectivity index (χ3n) is 4.42. The van der Waals surface area contributed by atoms with Crippen LogP contribution >= 0.6 is 27.3 Å². The Kier molecular flexibility index (Phi) is 5.78. The molecule has 0 saturated carbocycles. The molecular formula is C21H16BrN3O4S2. The lowest BCUT2D eigenvalue weighted by Crippen LogP contribution is -2.11. The summed E-state index contributed by atoms with van der Waals surface area (Å²) in [6, 6.07) is 13.1. The van der Waals surface area contributed by atoms with Crippen LogP contribution in [0.15, 0.2) is 64.1 Å². The van der Waals surface area contributed by atoms with Gasteiger partial charge in [-0.15, -0.1) is 11.3 Å². The molecule has 0 radical (unpaired) electrons. The highest BCUT2D eigenvalue weighted by Gasteiger charge is 2.19. The van der Waals surface area contributed by atoms with E-state index in [9.17, 15) is 13.2 Å². The van der Waals surface area contributed by atoms with Gasteiger partial charge in [-0.2, -0.15) is 0 Å². The van der Waals surface area contributed by atoms with Crippen LogP contribution in [0, 0.1) is 0 Å². The molecule has 0 saturated heterocycles. The van der Waals surface area contributed by atoms with Crippen molar-refractivity contribution in [2.24, 2.45) is 0 Å². The maximum atomic E-state index is 12.3. The monoisotopic (exact) mass is 517 g/mol. The highest BCUT2D eigenvalue weighted by atomic mass is 79.9. The maximum Gasteiger partial charge on any atom is 0.355 e. The van der Waals surface area contributed by atoms with E-state index in [4.69, 9.17) is 9.72 Å². The number of carbonyl (C=O) groups is 1. The molecule has 0 N–H and O–H groups in total. The summed E-state index contributed by atoms with van der Waals surface area (Å²) in [7, 11) is -2.37. The third-order valence-corrected chi connectivity index (χ3v) is 6.80. The fourth-order valence-corrected chi connectivity index (χ4v) is 5.26. The number of pyridine rings is 1. The molecule has 4 aromatic rings. The Balaban J connectivity index is 1.86. The molecule has 31 heavy (non-hydrogen) atoms. The number of hydrogen-bond acceptors (Lipinski definition) is 7. The SMILES string of the molecule is COC(=O)C(=CS(C)(=O)=O)n1ccc2ccc(-c3nc(-c4ccccn4)sc3Br)cc21. The van der Waals surface area contributed by atoms with Gasteiger partial charge in [0.15, 0.2) is 9.84 Å². The van der Waals surface area contributed by atoms with Crippen molar-refractivity contribution in [3.63, 3.8) is 0 Å². The van der Waals surface area contributed by atoms with Gasteiger partial charge >= 0.3 is 5.97 Å². The quantitative estimate of drug-likeness (QED) is 0.283. The van der Waals surface area contributed by atoms with Crippen molar-refractivity contribution < 1.29 is 17.9 Å². The van der Waals surface area contributed by atoms with Gasteiger partial charge in [0.25, 0.3) is 0 Å². The van der Waals surface area contributed by atoms with Gasteiger partial charge in [0.2, 0.25) is 0 Å². The number of carbonyl (C=O) groups excluding carboxylic acids is 1. The fourth-order valence-electron chi connectivity index (χ4n) is 3.07. The predicted molar refractivity (Wildman–Crippen MR) is 125 cm³/mol. The molecule has 0 bridgehead atoms. The molecule has 0 unspecified atom stereocenters. The molecule has 4 rings (SSSR count). The number of nitrogens with zero attached hydrogens (tertiary/aromatic N) is 3. The van der Waals surface area contributed by atoms with E-state index in [1.54, 1.807) is 18.5 Å². The zero-order valence-electron chi connectivity index (χ0n) is 16.4. The molecule has 10 heteroatoms. The highest BCUT2D eigenvalue weighted by molar-refractivity contribution is 9.11.